The maximum absolute atomic E-state index is 12.4. The molecule has 3 aliphatic rings. The third-order valence-electron chi connectivity index (χ3n) is 6.40. The second kappa shape index (κ2) is 5.60. The lowest BCUT2D eigenvalue weighted by molar-refractivity contribution is -0.118. The summed E-state index contributed by atoms with van der Waals surface area (Å²) < 4.78 is 2.19. The molecule has 0 bridgehead atoms. The molecule has 2 heterocycles. The monoisotopic (exact) mass is 316 g/mol. The van der Waals surface area contributed by atoms with Gasteiger partial charge in [0, 0.05) is 25.3 Å². The highest BCUT2D eigenvalue weighted by molar-refractivity contribution is 5.90. The van der Waals surface area contributed by atoms with Gasteiger partial charge in [-0.3, -0.25) is 9.69 Å². The van der Waals surface area contributed by atoms with E-state index >= 15 is 0 Å². The minimum atomic E-state index is 0.116. The molecule has 5 nitrogen and oxygen atoms in total. The first-order chi connectivity index (χ1) is 11.2. The minimum Gasteiger partial charge on any atom is -0.278 e. The number of fused-ring (bicyclic) bond motifs is 4. The van der Waals surface area contributed by atoms with E-state index in [4.69, 9.17) is 10.1 Å². The van der Waals surface area contributed by atoms with Crippen LogP contribution in [0.15, 0.2) is 0 Å². The van der Waals surface area contributed by atoms with Crippen LogP contribution >= 0.6 is 0 Å². The molecule has 2 aliphatic carbocycles. The molecule has 1 aromatic rings. The molecule has 2 fully saturated rings. The van der Waals surface area contributed by atoms with E-state index in [0.29, 0.717) is 12.0 Å². The summed E-state index contributed by atoms with van der Waals surface area (Å²) in [6, 6.07) is 0.334. The second-order valence-electron chi connectivity index (χ2n) is 7.60. The van der Waals surface area contributed by atoms with Crippen molar-refractivity contribution in [3.63, 3.8) is 0 Å². The highest BCUT2D eigenvalue weighted by Crippen LogP contribution is 2.52. The fourth-order valence-corrected chi connectivity index (χ4v) is 5.42. The lowest BCUT2D eigenvalue weighted by atomic mass is 9.64. The molecule has 0 N–H and O–H groups in total. The summed E-state index contributed by atoms with van der Waals surface area (Å²) in [6.07, 6.45) is 12.0. The van der Waals surface area contributed by atoms with Crippen molar-refractivity contribution in [2.24, 2.45) is 5.92 Å². The first kappa shape index (κ1) is 15.2. The van der Waals surface area contributed by atoms with E-state index in [-0.39, 0.29) is 11.4 Å². The van der Waals surface area contributed by atoms with Crippen molar-refractivity contribution in [3.05, 3.63) is 5.82 Å². The van der Waals surface area contributed by atoms with E-state index in [1.807, 2.05) is 4.90 Å². The van der Waals surface area contributed by atoms with Gasteiger partial charge in [-0.1, -0.05) is 39.0 Å². The molecule has 0 radical (unpaired) electrons. The summed E-state index contributed by atoms with van der Waals surface area (Å²) in [4.78, 5) is 19.2. The predicted molar refractivity (Wildman–Crippen MR) is 89.4 cm³/mol. The number of aryl methyl sites for hydroxylation is 1. The molecule has 2 atom stereocenters. The van der Waals surface area contributed by atoms with Gasteiger partial charge in [-0.2, -0.15) is 10.1 Å². The zero-order valence-electron chi connectivity index (χ0n) is 14.4. The van der Waals surface area contributed by atoms with Gasteiger partial charge in [0.1, 0.15) is 0 Å². The Kier molecular flexibility index (Phi) is 3.69. The number of anilines is 1. The Morgan fingerprint density at radius 2 is 1.91 bits per heavy atom. The average molecular weight is 316 g/mol. The summed E-state index contributed by atoms with van der Waals surface area (Å²) in [5.41, 5.74) is 0.116. The molecule has 1 amide bonds. The normalized spacial score (nSPS) is 29.2. The van der Waals surface area contributed by atoms with Crippen LogP contribution in [-0.2, 0) is 16.8 Å². The third kappa shape index (κ3) is 2.15. The molecule has 0 saturated heterocycles. The highest BCUT2D eigenvalue weighted by Gasteiger charge is 2.54. The number of carbonyl (C=O) groups excluding carboxylic acids is 1. The number of hydrogen-bond donors (Lipinski definition) is 0. The van der Waals surface area contributed by atoms with Crippen LogP contribution in [0.1, 0.15) is 77.5 Å². The van der Waals surface area contributed by atoms with E-state index < -0.39 is 0 Å². The van der Waals surface area contributed by atoms with Gasteiger partial charge in [0.2, 0.25) is 11.9 Å². The lowest BCUT2D eigenvalue weighted by Gasteiger charge is -2.55. The third-order valence-corrected chi connectivity index (χ3v) is 6.40. The number of nitrogens with zero attached hydrogens (tertiary/aromatic N) is 4. The first-order valence-electron chi connectivity index (χ1n) is 9.43. The van der Waals surface area contributed by atoms with Crippen molar-refractivity contribution < 1.29 is 4.79 Å². The second-order valence-corrected chi connectivity index (χ2v) is 7.60. The molecule has 1 aliphatic heterocycles. The van der Waals surface area contributed by atoms with Crippen LogP contribution in [0.25, 0.3) is 0 Å². The molecule has 0 aromatic carbocycles. The van der Waals surface area contributed by atoms with Crippen molar-refractivity contribution >= 4 is 11.9 Å². The van der Waals surface area contributed by atoms with Crippen molar-refractivity contribution in [1.29, 1.82) is 0 Å². The summed E-state index contributed by atoms with van der Waals surface area (Å²) >= 11 is 0. The Balaban J connectivity index is 1.90. The van der Waals surface area contributed by atoms with Gasteiger partial charge in [0.15, 0.2) is 5.82 Å². The van der Waals surface area contributed by atoms with Crippen LogP contribution in [0.2, 0.25) is 0 Å². The highest BCUT2D eigenvalue weighted by atomic mass is 16.2. The van der Waals surface area contributed by atoms with Crippen LogP contribution in [0.4, 0.5) is 5.95 Å². The van der Waals surface area contributed by atoms with Crippen molar-refractivity contribution in [2.75, 3.05) is 4.90 Å². The van der Waals surface area contributed by atoms with Crippen LogP contribution in [0, 0.1) is 5.92 Å². The van der Waals surface area contributed by atoms with Gasteiger partial charge < -0.3 is 0 Å². The van der Waals surface area contributed by atoms with Crippen molar-refractivity contribution in [2.45, 2.75) is 89.6 Å². The zero-order valence-corrected chi connectivity index (χ0v) is 14.4. The number of rotatable bonds is 1. The summed E-state index contributed by atoms with van der Waals surface area (Å²) in [5.74, 6) is 2.40. The van der Waals surface area contributed by atoms with Crippen LogP contribution in [0.3, 0.4) is 0 Å². The molecule has 23 heavy (non-hydrogen) atoms. The SMILES string of the molecule is CCc1nc2n(n1)C1(CCCCC1)C1CCCCC1N2C(C)=O. The van der Waals surface area contributed by atoms with Crippen LogP contribution in [0.5, 0.6) is 0 Å². The van der Waals surface area contributed by atoms with Crippen molar-refractivity contribution in [3.8, 4) is 0 Å². The van der Waals surface area contributed by atoms with E-state index in [2.05, 4.69) is 11.6 Å². The minimum absolute atomic E-state index is 0.116. The van der Waals surface area contributed by atoms with E-state index in [9.17, 15) is 4.79 Å². The average Bonchev–Trinajstić information content (AvgIpc) is 3.01. The first-order valence-corrected chi connectivity index (χ1v) is 9.43. The Hall–Kier alpha value is -1.39. The molecule has 2 unspecified atom stereocenters. The Morgan fingerprint density at radius 1 is 1.17 bits per heavy atom. The van der Waals surface area contributed by atoms with Gasteiger partial charge in [0.25, 0.3) is 0 Å². The quantitative estimate of drug-likeness (QED) is 0.797. The zero-order chi connectivity index (χ0) is 16.0. The molecule has 126 valence electrons. The van der Waals surface area contributed by atoms with Gasteiger partial charge in [0.05, 0.1) is 5.54 Å². The largest absolute Gasteiger partial charge is 0.278 e. The molecule has 1 spiro atoms. The number of carbonyl (C=O) groups is 1. The van der Waals surface area contributed by atoms with Gasteiger partial charge in [-0.25, -0.2) is 4.68 Å². The van der Waals surface area contributed by atoms with Gasteiger partial charge in [-0.05, 0) is 25.7 Å². The number of aromatic nitrogens is 3. The molecule has 1 aromatic heterocycles. The standard InChI is InChI=1S/C18H28N4O/c1-3-16-19-17-21(13(2)23)15-10-6-5-9-14(15)18(22(17)20-16)11-7-4-8-12-18/h14-15H,3-12H2,1-2H3. The van der Waals surface area contributed by atoms with E-state index in [1.165, 1.54) is 51.4 Å². The number of amides is 1. The van der Waals surface area contributed by atoms with Gasteiger partial charge >= 0.3 is 0 Å². The topological polar surface area (TPSA) is 51.0 Å². The van der Waals surface area contributed by atoms with E-state index in [0.717, 1.165) is 24.6 Å². The fraction of sp³-hybridized carbons (Fsp3) is 0.833. The molecule has 2 saturated carbocycles. The molecule has 4 rings (SSSR count). The Morgan fingerprint density at radius 3 is 2.61 bits per heavy atom. The molecular formula is C18H28N4O. The maximum atomic E-state index is 12.4. The summed E-state index contributed by atoms with van der Waals surface area (Å²) in [6.45, 7) is 3.79. The van der Waals surface area contributed by atoms with E-state index in [1.54, 1.807) is 6.92 Å². The fourth-order valence-electron chi connectivity index (χ4n) is 5.42. The number of hydrogen-bond acceptors (Lipinski definition) is 3. The van der Waals surface area contributed by atoms with Crippen molar-refractivity contribution in [1.82, 2.24) is 14.8 Å². The van der Waals surface area contributed by atoms with Crippen LogP contribution in [-0.4, -0.2) is 26.7 Å². The summed E-state index contributed by atoms with van der Waals surface area (Å²) in [7, 11) is 0. The Labute approximate surface area is 138 Å². The van der Waals surface area contributed by atoms with Crippen LogP contribution < -0.4 is 4.90 Å². The van der Waals surface area contributed by atoms with Gasteiger partial charge in [-0.15, -0.1) is 0 Å². The summed E-state index contributed by atoms with van der Waals surface area (Å²) in [5, 5.41) is 4.88. The predicted octanol–water partition coefficient (Wildman–Crippen LogP) is 3.43. The Bertz CT molecular complexity index is 602. The molecule has 5 heteroatoms. The smallest absolute Gasteiger partial charge is 0.231 e. The maximum Gasteiger partial charge on any atom is 0.231 e. The lowest BCUT2D eigenvalue weighted by Crippen LogP contribution is -2.61. The molecular weight excluding hydrogens is 288 g/mol.